The van der Waals surface area contributed by atoms with Crippen molar-refractivity contribution < 1.29 is 4.79 Å². The molecule has 0 saturated heterocycles. The maximum Gasteiger partial charge on any atom is 0.142 e. The van der Waals surface area contributed by atoms with Crippen LogP contribution in [0.25, 0.3) is 0 Å². The summed E-state index contributed by atoms with van der Waals surface area (Å²) in [7, 11) is 0. The van der Waals surface area contributed by atoms with Gasteiger partial charge >= 0.3 is 0 Å². The molecule has 74 valence electrons. The van der Waals surface area contributed by atoms with Gasteiger partial charge in [0.1, 0.15) is 6.29 Å². The van der Waals surface area contributed by atoms with Crippen LogP contribution in [0.4, 0.5) is 0 Å². The molecule has 0 aliphatic heterocycles. The minimum atomic E-state index is 0.654. The number of allylic oxidation sites excluding steroid dienone is 2. The van der Waals surface area contributed by atoms with E-state index in [-0.39, 0.29) is 0 Å². The molecule has 1 aliphatic carbocycles. The molecular formula is C12H20O. The zero-order chi connectivity index (χ0) is 9.84. The molecule has 0 aromatic rings. The number of rotatable bonds is 2. The highest BCUT2D eigenvalue weighted by atomic mass is 16.1. The molecule has 1 saturated carbocycles. The molecule has 0 aromatic heterocycles. The fourth-order valence-corrected chi connectivity index (χ4v) is 2.35. The van der Waals surface area contributed by atoms with Gasteiger partial charge in [-0.3, -0.25) is 4.79 Å². The summed E-state index contributed by atoms with van der Waals surface area (Å²) in [6.45, 7) is 6.77. The highest BCUT2D eigenvalue weighted by molar-refractivity contribution is 5.66. The van der Waals surface area contributed by atoms with Crippen LogP contribution in [0.2, 0.25) is 0 Å². The molecule has 0 heterocycles. The van der Waals surface area contributed by atoms with Crippen LogP contribution in [0.5, 0.6) is 0 Å². The van der Waals surface area contributed by atoms with Gasteiger partial charge in [0, 0.05) is 0 Å². The predicted molar refractivity (Wildman–Crippen MR) is 55.5 cm³/mol. The van der Waals surface area contributed by atoms with Crippen LogP contribution in [-0.4, -0.2) is 6.29 Å². The minimum absolute atomic E-state index is 0.654. The molecule has 1 nitrogen and oxygen atoms in total. The van der Waals surface area contributed by atoms with Gasteiger partial charge in [-0.1, -0.05) is 26.3 Å². The third-order valence-corrected chi connectivity index (χ3v) is 3.12. The van der Waals surface area contributed by atoms with Crippen molar-refractivity contribution in [3.8, 4) is 0 Å². The molecule has 13 heavy (non-hydrogen) atoms. The Kier molecular flexibility index (Phi) is 3.71. The molecule has 0 radical (unpaired) electrons. The first-order valence-electron chi connectivity index (χ1n) is 5.29. The molecule has 0 amide bonds. The second-order valence-electron chi connectivity index (χ2n) is 4.61. The number of hydrogen-bond donors (Lipinski definition) is 0. The first kappa shape index (κ1) is 10.5. The second-order valence-corrected chi connectivity index (χ2v) is 4.61. The fraction of sp³-hybridized carbons (Fsp3) is 0.750. The number of hydrogen-bond acceptors (Lipinski definition) is 1. The van der Waals surface area contributed by atoms with Crippen molar-refractivity contribution in [3.63, 3.8) is 0 Å². The predicted octanol–water partition coefficient (Wildman–Crippen LogP) is 3.20. The van der Waals surface area contributed by atoms with Gasteiger partial charge in [0.15, 0.2) is 0 Å². The quantitative estimate of drug-likeness (QED) is 0.471. The summed E-state index contributed by atoms with van der Waals surface area (Å²) in [6.07, 6.45) is 6.45. The van der Waals surface area contributed by atoms with E-state index in [2.05, 4.69) is 20.8 Å². The summed E-state index contributed by atoms with van der Waals surface area (Å²) >= 11 is 0. The van der Waals surface area contributed by atoms with Crippen LogP contribution in [0.15, 0.2) is 11.6 Å². The van der Waals surface area contributed by atoms with Crippen LogP contribution >= 0.6 is 0 Å². The second kappa shape index (κ2) is 4.59. The van der Waals surface area contributed by atoms with Crippen LogP contribution < -0.4 is 0 Å². The van der Waals surface area contributed by atoms with Crippen molar-refractivity contribution in [2.45, 2.75) is 40.0 Å². The summed E-state index contributed by atoms with van der Waals surface area (Å²) in [5, 5.41) is 0. The molecule has 0 bridgehead atoms. The van der Waals surface area contributed by atoms with Crippen molar-refractivity contribution in [1.82, 2.24) is 0 Å². The van der Waals surface area contributed by atoms with Crippen LogP contribution in [0, 0.1) is 17.8 Å². The molecule has 0 unspecified atom stereocenters. The molecule has 1 aliphatic rings. The summed E-state index contributed by atoms with van der Waals surface area (Å²) in [5.74, 6) is 2.10. The van der Waals surface area contributed by atoms with Gasteiger partial charge in [0.05, 0.1) is 0 Å². The third kappa shape index (κ3) is 2.68. The summed E-state index contributed by atoms with van der Waals surface area (Å²) < 4.78 is 0. The molecule has 0 aromatic carbocycles. The van der Waals surface area contributed by atoms with Gasteiger partial charge in [0.2, 0.25) is 0 Å². The molecule has 0 spiro atoms. The third-order valence-electron chi connectivity index (χ3n) is 3.12. The van der Waals surface area contributed by atoms with Crippen LogP contribution in [-0.2, 0) is 4.79 Å². The zero-order valence-electron chi connectivity index (χ0n) is 8.92. The Morgan fingerprint density at radius 2 is 2.08 bits per heavy atom. The number of carbonyl (C=O) groups excluding carboxylic acids is 1. The van der Waals surface area contributed by atoms with Crippen molar-refractivity contribution >= 4 is 6.29 Å². The van der Waals surface area contributed by atoms with E-state index in [4.69, 9.17) is 0 Å². The van der Waals surface area contributed by atoms with Gasteiger partial charge < -0.3 is 0 Å². The number of carbonyl (C=O) groups is 1. The van der Waals surface area contributed by atoms with E-state index in [0.29, 0.717) is 11.8 Å². The minimum Gasteiger partial charge on any atom is -0.299 e. The monoisotopic (exact) mass is 180 g/mol. The lowest BCUT2D eigenvalue weighted by molar-refractivity contribution is -0.104. The lowest BCUT2D eigenvalue weighted by Gasteiger charge is -2.31. The van der Waals surface area contributed by atoms with Gasteiger partial charge in [-0.05, 0) is 43.1 Å². The summed E-state index contributed by atoms with van der Waals surface area (Å²) in [4.78, 5) is 10.5. The van der Waals surface area contributed by atoms with Crippen molar-refractivity contribution in [1.29, 1.82) is 0 Å². The molecular weight excluding hydrogens is 160 g/mol. The first-order valence-corrected chi connectivity index (χ1v) is 5.29. The van der Waals surface area contributed by atoms with E-state index in [0.717, 1.165) is 18.6 Å². The average Bonchev–Trinajstić information content (AvgIpc) is 2.04. The molecule has 0 N–H and O–H groups in total. The van der Waals surface area contributed by atoms with E-state index in [1.807, 2.05) is 0 Å². The highest BCUT2D eigenvalue weighted by Gasteiger charge is 2.24. The normalized spacial score (nSPS) is 32.5. The Hall–Kier alpha value is -0.590. The molecule has 2 atom stereocenters. The van der Waals surface area contributed by atoms with Gasteiger partial charge in [0.25, 0.3) is 0 Å². The van der Waals surface area contributed by atoms with E-state index < -0.39 is 0 Å². The van der Waals surface area contributed by atoms with Gasteiger partial charge in [-0.2, -0.15) is 0 Å². The maximum absolute atomic E-state index is 10.5. The SMILES string of the molecule is CC(C)[C@@H]1CC[C@@H](C)C/C1=C\C=O. The van der Waals surface area contributed by atoms with Crippen molar-refractivity contribution in [3.05, 3.63) is 11.6 Å². The summed E-state index contributed by atoms with van der Waals surface area (Å²) in [5.41, 5.74) is 1.38. The van der Waals surface area contributed by atoms with E-state index in [9.17, 15) is 4.79 Å². The Balaban J connectivity index is 2.72. The van der Waals surface area contributed by atoms with E-state index in [1.54, 1.807) is 6.08 Å². The van der Waals surface area contributed by atoms with Crippen LogP contribution in [0.3, 0.4) is 0 Å². The highest BCUT2D eigenvalue weighted by Crippen LogP contribution is 2.36. The first-order chi connectivity index (χ1) is 6.15. The average molecular weight is 180 g/mol. The lowest BCUT2D eigenvalue weighted by atomic mass is 9.74. The molecule has 1 rings (SSSR count). The van der Waals surface area contributed by atoms with Crippen LogP contribution in [0.1, 0.15) is 40.0 Å². The standard InChI is InChI=1S/C12H20O/c1-9(2)12-5-4-10(3)8-11(12)6-7-13/h6-7,9-10,12H,4-5,8H2,1-3H3/b11-6+/t10-,12+/m1/s1. The van der Waals surface area contributed by atoms with Crippen molar-refractivity contribution in [2.24, 2.45) is 17.8 Å². The smallest absolute Gasteiger partial charge is 0.142 e. The Morgan fingerprint density at radius 3 is 2.62 bits per heavy atom. The van der Waals surface area contributed by atoms with Gasteiger partial charge in [-0.25, -0.2) is 0 Å². The van der Waals surface area contributed by atoms with E-state index >= 15 is 0 Å². The van der Waals surface area contributed by atoms with Gasteiger partial charge in [-0.15, -0.1) is 0 Å². The summed E-state index contributed by atoms with van der Waals surface area (Å²) in [6, 6.07) is 0. The topological polar surface area (TPSA) is 17.1 Å². The maximum atomic E-state index is 10.5. The molecule has 1 fully saturated rings. The Labute approximate surface area is 81.2 Å². The fourth-order valence-electron chi connectivity index (χ4n) is 2.35. The Bertz CT molecular complexity index is 203. The Morgan fingerprint density at radius 1 is 1.38 bits per heavy atom. The molecule has 1 heteroatoms. The van der Waals surface area contributed by atoms with E-state index in [1.165, 1.54) is 18.4 Å². The van der Waals surface area contributed by atoms with Crippen molar-refractivity contribution in [2.75, 3.05) is 0 Å². The largest absolute Gasteiger partial charge is 0.299 e. The zero-order valence-corrected chi connectivity index (χ0v) is 8.92. The number of aldehydes is 1. The lowest BCUT2D eigenvalue weighted by Crippen LogP contribution is -2.20.